The first-order valence-corrected chi connectivity index (χ1v) is 6.53. The molecule has 0 aliphatic heterocycles. The molecule has 1 atom stereocenters. The lowest BCUT2D eigenvalue weighted by Gasteiger charge is -2.04. The second-order valence-corrected chi connectivity index (χ2v) is 4.59. The highest BCUT2D eigenvalue weighted by Crippen LogP contribution is 2.11. The summed E-state index contributed by atoms with van der Waals surface area (Å²) in [5.41, 5.74) is 1.40. The van der Waals surface area contributed by atoms with Gasteiger partial charge in [0, 0.05) is 0 Å². The van der Waals surface area contributed by atoms with Gasteiger partial charge in [-0.2, -0.15) is 0 Å². The van der Waals surface area contributed by atoms with E-state index in [1.165, 1.54) is 31.2 Å². The third-order valence-electron chi connectivity index (χ3n) is 2.92. The van der Waals surface area contributed by atoms with Crippen molar-refractivity contribution in [2.75, 3.05) is 0 Å². The summed E-state index contributed by atoms with van der Waals surface area (Å²) in [5.74, 6) is 0.732. The maximum absolute atomic E-state index is 2.36. The maximum Gasteiger partial charge on any atom is -0.00974 e. The third kappa shape index (κ3) is 5.75. The summed E-state index contributed by atoms with van der Waals surface area (Å²) >= 11 is 0. The summed E-state index contributed by atoms with van der Waals surface area (Å²) in [5, 5.41) is 0. The molecule has 0 fully saturated rings. The molecule has 1 aromatic carbocycles. The summed E-state index contributed by atoms with van der Waals surface area (Å²) in [4.78, 5) is 0. The van der Waals surface area contributed by atoms with Crippen molar-refractivity contribution in [1.82, 2.24) is 0 Å². The van der Waals surface area contributed by atoms with Crippen molar-refractivity contribution in [3.05, 3.63) is 48.0 Å². The first-order valence-electron chi connectivity index (χ1n) is 6.53. The molecule has 0 amide bonds. The lowest BCUT2D eigenvalue weighted by Crippen LogP contribution is -1.90. The van der Waals surface area contributed by atoms with Gasteiger partial charge in [0.2, 0.25) is 0 Å². The van der Waals surface area contributed by atoms with E-state index in [-0.39, 0.29) is 0 Å². The minimum atomic E-state index is 0.732. The number of rotatable bonds is 7. The molecule has 0 spiro atoms. The van der Waals surface area contributed by atoms with Crippen LogP contribution in [0.5, 0.6) is 0 Å². The quantitative estimate of drug-likeness (QED) is 0.444. The van der Waals surface area contributed by atoms with Crippen LogP contribution in [0.3, 0.4) is 0 Å². The van der Waals surface area contributed by atoms with Gasteiger partial charge in [-0.15, -0.1) is 0 Å². The van der Waals surface area contributed by atoms with Crippen LogP contribution in [0.1, 0.15) is 45.1 Å². The molecule has 88 valence electrons. The van der Waals surface area contributed by atoms with Crippen molar-refractivity contribution in [1.29, 1.82) is 0 Å². The van der Waals surface area contributed by atoms with Crippen molar-refractivity contribution in [2.24, 2.45) is 5.92 Å². The van der Waals surface area contributed by atoms with E-state index in [2.05, 4.69) is 56.3 Å². The molecular formula is C16H24. The number of hydrogen-bond acceptors (Lipinski definition) is 0. The van der Waals surface area contributed by atoms with Crippen LogP contribution in [0.15, 0.2) is 42.5 Å². The van der Waals surface area contributed by atoms with E-state index >= 15 is 0 Å². The van der Waals surface area contributed by atoms with Crippen LogP contribution >= 0.6 is 0 Å². The Morgan fingerprint density at radius 1 is 1.12 bits per heavy atom. The topological polar surface area (TPSA) is 0 Å². The van der Waals surface area contributed by atoms with E-state index in [1.807, 2.05) is 0 Å². The monoisotopic (exact) mass is 216 g/mol. The second-order valence-electron chi connectivity index (χ2n) is 4.59. The summed E-state index contributed by atoms with van der Waals surface area (Å²) in [7, 11) is 0. The number of allylic oxidation sites excluding steroid dienone is 2. The fraction of sp³-hybridized carbons (Fsp3) is 0.500. The molecule has 0 heterocycles. The average molecular weight is 216 g/mol. The predicted molar refractivity (Wildman–Crippen MR) is 72.6 cm³/mol. The van der Waals surface area contributed by atoms with Crippen LogP contribution in [0.2, 0.25) is 0 Å². The molecule has 0 aliphatic rings. The third-order valence-corrected chi connectivity index (χ3v) is 2.92. The molecule has 0 heteroatoms. The van der Waals surface area contributed by atoms with E-state index < -0.39 is 0 Å². The SMILES string of the molecule is CCCCCC(C)C=CCc1ccccc1. The first-order chi connectivity index (χ1) is 7.83. The van der Waals surface area contributed by atoms with Crippen LogP contribution < -0.4 is 0 Å². The van der Waals surface area contributed by atoms with Crippen molar-refractivity contribution in [2.45, 2.75) is 46.0 Å². The Hall–Kier alpha value is -1.04. The zero-order chi connectivity index (χ0) is 11.6. The fourth-order valence-corrected chi connectivity index (χ4v) is 1.86. The van der Waals surface area contributed by atoms with Gasteiger partial charge in [0.1, 0.15) is 0 Å². The molecule has 0 radical (unpaired) electrons. The highest BCUT2D eigenvalue weighted by atomic mass is 14.0. The van der Waals surface area contributed by atoms with E-state index in [0.29, 0.717) is 0 Å². The van der Waals surface area contributed by atoms with E-state index in [9.17, 15) is 0 Å². The molecule has 1 unspecified atom stereocenters. The van der Waals surface area contributed by atoms with Gasteiger partial charge in [0.15, 0.2) is 0 Å². The normalized spacial score (nSPS) is 13.1. The summed E-state index contributed by atoms with van der Waals surface area (Å²) in [6, 6.07) is 10.7. The summed E-state index contributed by atoms with van der Waals surface area (Å²) < 4.78 is 0. The molecule has 0 bridgehead atoms. The fourth-order valence-electron chi connectivity index (χ4n) is 1.86. The van der Waals surface area contributed by atoms with Gasteiger partial charge in [0.25, 0.3) is 0 Å². The van der Waals surface area contributed by atoms with Crippen molar-refractivity contribution < 1.29 is 0 Å². The van der Waals surface area contributed by atoms with Crippen molar-refractivity contribution in [3.63, 3.8) is 0 Å². The smallest absolute Gasteiger partial charge is 0.00974 e. The molecule has 0 aromatic heterocycles. The molecule has 0 nitrogen and oxygen atoms in total. The van der Waals surface area contributed by atoms with Crippen LogP contribution in [0.25, 0.3) is 0 Å². The molecule has 1 aromatic rings. The lowest BCUT2D eigenvalue weighted by atomic mass is 10.0. The first kappa shape index (κ1) is 13.0. The number of benzene rings is 1. The van der Waals surface area contributed by atoms with Gasteiger partial charge < -0.3 is 0 Å². The zero-order valence-corrected chi connectivity index (χ0v) is 10.7. The minimum Gasteiger partial charge on any atom is -0.0854 e. The van der Waals surface area contributed by atoms with Gasteiger partial charge in [-0.05, 0) is 24.3 Å². The maximum atomic E-state index is 2.36. The number of hydrogen-bond donors (Lipinski definition) is 0. The second kappa shape index (κ2) is 8.15. The Morgan fingerprint density at radius 3 is 2.56 bits per heavy atom. The van der Waals surface area contributed by atoms with Crippen LogP contribution in [0.4, 0.5) is 0 Å². The predicted octanol–water partition coefficient (Wildman–Crippen LogP) is 5.00. The Morgan fingerprint density at radius 2 is 1.88 bits per heavy atom. The molecule has 0 saturated heterocycles. The van der Waals surface area contributed by atoms with Crippen molar-refractivity contribution in [3.8, 4) is 0 Å². The van der Waals surface area contributed by atoms with E-state index in [4.69, 9.17) is 0 Å². The molecule has 1 rings (SSSR count). The average Bonchev–Trinajstić information content (AvgIpc) is 2.31. The molecule has 0 saturated carbocycles. The standard InChI is InChI=1S/C16H24/c1-3-4-6-10-15(2)11-9-14-16-12-7-5-8-13-16/h5,7-9,11-13,15H,3-4,6,10,14H2,1-2H3. The van der Waals surface area contributed by atoms with Gasteiger partial charge >= 0.3 is 0 Å². The minimum absolute atomic E-state index is 0.732. The molecular weight excluding hydrogens is 192 g/mol. The Bertz CT molecular complexity index is 284. The largest absolute Gasteiger partial charge is 0.0854 e. The Balaban J connectivity index is 2.21. The lowest BCUT2D eigenvalue weighted by molar-refractivity contribution is 0.575. The van der Waals surface area contributed by atoms with Crippen LogP contribution in [-0.4, -0.2) is 0 Å². The summed E-state index contributed by atoms with van der Waals surface area (Å²) in [6.07, 6.45) is 11.1. The molecule has 0 N–H and O–H groups in total. The van der Waals surface area contributed by atoms with Crippen LogP contribution in [0, 0.1) is 5.92 Å². The zero-order valence-electron chi connectivity index (χ0n) is 10.7. The molecule has 0 aliphatic carbocycles. The van der Waals surface area contributed by atoms with Gasteiger partial charge in [-0.25, -0.2) is 0 Å². The van der Waals surface area contributed by atoms with Gasteiger partial charge in [0.05, 0.1) is 0 Å². The van der Waals surface area contributed by atoms with E-state index in [1.54, 1.807) is 0 Å². The highest BCUT2D eigenvalue weighted by molar-refractivity contribution is 5.17. The van der Waals surface area contributed by atoms with E-state index in [0.717, 1.165) is 12.3 Å². The van der Waals surface area contributed by atoms with Crippen LogP contribution in [-0.2, 0) is 6.42 Å². The Labute approximate surface area is 100 Å². The highest BCUT2D eigenvalue weighted by Gasteiger charge is 1.96. The van der Waals surface area contributed by atoms with Gasteiger partial charge in [-0.3, -0.25) is 0 Å². The molecule has 16 heavy (non-hydrogen) atoms. The van der Waals surface area contributed by atoms with Crippen molar-refractivity contribution >= 4 is 0 Å². The number of unbranched alkanes of at least 4 members (excludes halogenated alkanes) is 2. The van der Waals surface area contributed by atoms with Gasteiger partial charge in [-0.1, -0.05) is 75.6 Å². The Kier molecular flexibility index (Phi) is 6.64. The summed E-state index contributed by atoms with van der Waals surface area (Å²) in [6.45, 7) is 4.58.